The molecule has 2 heterocycles. The Morgan fingerprint density at radius 1 is 1.05 bits per heavy atom. The molecular formula is C29H40N2O6. The van der Waals surface area contributed by atoms with Crippen molar-refractivity contribution in [2.45, 2.75) is 89.0 Å². The van der Waals surface area contributed by atoms with Gasteiger partial charge in [0.15, 0.2) is 12.1 Å². The number of unbranched alkanes of at least 4 members (excludes halogenated alkanes) is 1. The number of rotatable bonds is 13. The Bertz CT molecular complexity index is 941. The molecule has 37 heavy (non-hydrogen) atoms. The molecule has 2 aromatic rings. The zero-order chi connectivity index (χ0) is 26.1. The summed E-state index contributed by atoms with van der Waals surface area (Å²) < 4.78 is 22.8. The summed E-state index contributed by atoms with van der Waals surface area (Å²) in [7, 11) is 0. The van der Waals surface area contributed by atoms with Gasteiger partial charge in [0.1, 0.15) is 12.7 Å². The molecule has 0 saturated carbocycles. The summed E-state index contributed by atoms with van der Waals surface area (Å²) in [5.74, 6) is -0.630. The molecule has 0 aliphatic carbocycles. The minimum atomic E-state index is -0.630. The van der Waals surface area contributed by atoms with Crippen LogP contribution in [0.15, 0.2) is 60.7 Å². The first kappa shape index (κ1) is 27.5. The number of aliphatic hydroxyl groups is 1. The van der Waals surface area contributed by atoms with Crippen LogP contribution in [-0.4, -0.2) is 60.7 Å². The van der Waals surface area contributed by atoms with E-state index in [1.165, 1.54) is 5.56 Å². The van der Waals surface area contributed by atoms with E-state index in [9.17, 15) is 9.90 Å². The number of benzene rings is 2. The maximum absolute atomic E-state index is 12.5. The largest absolute Gasteiger partial charge is 0.445 e. The van der Waals surface area contributed by atoms with E-state index < -0.39 is 24.3 Å². The Hall–Kier alpha value is -2.49. The number of hydrogen-bond acceptors (Lipinski definition) is 7. The van der Waals surface area contributed by atoms with Gasteiger partial charge in [0.2, 0.25) is 0 Å². The van der Waals surface area contributed by atoms with E-state index in [1.54, 1.807) is 0 Å². The molecule has 2 aliphatic rings. The zero-order valence-corrected chi connectivity index (χ0v) is 21.8. The predicted octanol–water partition coefficient (Wildman–Crippen LogP) is 3.91. The smallest absolute Gasteiger partial charge is 0.407 e. The lowest BCUT2D eigenvalue weighted by molar-refractivity contribution is -0.213. The second kappa shape index (κ2) is 13.3. The zero-order valence-electron chi connectivity index (χ0n) is 21.8. The van der Waals surface area contributed by atoms with Crippen LogP contribution >= 0.6 is 0 Å². The predicted molar refractivity (Wildman–Crippen MR) is 140 cm³/mol. The van der Waals surface area contributed by atoms with Crippen molar-refractivity contribution in [3.8, 4) is 0 Å². The molecule has 202 valence electrons. The molecule has 3 N–H and O–H groups in total. The summed E-state index contributed by atoms with van der Waals surface area (Å²) in [5.41, 5.74) is 2.13. The van der Waals surface area contributed by atoms with E-state index in [4.69, 9.17) is 18.9 Å². The van der Waals surface area contributed by atoms with Gasteiger partial charge in [-0.2, -0.15) is 0 Å². The van der Waals surface area contributed by atoms with Gasteiger partial charge in [0.05, 0.1) is 12.2 Å². The van der Waals surface area contributed by atoms with E-state index in [0.717, 1.165) is 37.8 Å². The van der Waals surface area contributed by atoms with Crippen LogP contribution in [0, 0.1) is 0 Å². The molecule has 2 fully saturated rings. The second-order valence-corrected chi connectivity index (χ2v) is 10.3. The van der Waals surface area contributed by atoms with Gasteiger partial charge in [-0.3, -0.25) is 0 Å². The third-order valence-electron chi connectivity index (χ3n) is 6.71. The minimum absolute atomic E-state index is 0.0215. The SMILES string of the molecule is CC1(C)O[C@H]2O[C@H]([C@H](O)CNCCCC[C@@H](Cc3ccccc3)NC(=O)OCc3ccccc3)C[C@H]2O1. The van der Waals surface area contributed by atoms with Crippen LogP contribution in [0.5, 0.6) is 0 Å². The summed E-state index contributed by atoms with van der Waals surface area (Å²) in [6.07, 6.45) is 2.23. The fourth-order valence-corrected chi connectivity index (χ4v) is 4.86. The van der Waals surface area contributed by atoms with Crippen molar-refractivity contribution in [3.63, 3.8) is 0 Å². The van der Waals surface area contributed by atoms with Gasteiger partial charge in [-0.25, -0.2) is 4.79 Å². The van der Waals surface area contributed by atoms with Gasteiger partial charge in [0, 0.05) is 19.0 Å². The highest BCUT2D eigenvalue weighted by Crippen LogP contribution is 2.37. The van der Waals surface area contributed by atoms with E-state index in [1.807, 2.05) is 62.4 Å². The Kier molecular flexibility index (Phi) is 9.94. The molecule has 2 aliphatic heterocycles. The molecule has 2 saturated heterocycles. The summed E-state index contributed by atoms with van der Waals surface area (Å²) >= 11 is 0. The molecule has 0 bridgehead atoms. The van der Waals surface area contributed by atoms with Crippen molar-refractivity contribution >= 4 is 6.09 Å². The van der Waals surface area contributed by atoms with Gasteiger partial charge in [-0.1, -0.05) is 67.1 Å². The van der Waals surface area contributed by atoms with Gasteiger partial charge in [0.25, 0.3) is 0 Å². The highest BCUT2D eigenvalue weighted by atomic mass is 16.8. The van der Waals surface area contributed by atoms with Gasteiger partial charge < -0.3 is 34.7 Å². The first-order valence-corrected chi connectivity index (χ1v) is 13.3. The summed E-state index contributed by atoms with van der Waals surface area (Å²) in [6, 6.07) is 19.8. The fraction of sp³-hybridized carbons (Fsp3) is 0.552. The van der Waals surface area contributed by atoms with Crippen molar-refractivity contribution in [3.05, 3.63) is 71.8 Å². The van der Waals surface area contributed by atoms with Crippen molar-refractivity contribution in [2.75, 3.05) is 13.1 Å². The van der Waals surface area contributed by atoms with Crippen LogP contribution < -0.4 is 10.6 Å². The second-order valence-electron chi connectivity index (χ2n) is 10.3. The normalized spacial score (nSPS) is 23.8. The Morgan fingerprint density at radius 3 is 2.46 bits per heavy atom. The van der Waals surface area contributed by atoms with Gasteiger partial charge >= 0.3 is 6.09 Å². The number of nitrogens with one attached hydrogen (secondary N) is 2. The molecule has 2 aromatic carbocycles. The fourth-order valence-electron chi connectivity index (χ4n) is 4.86. The van der Waals surface area contributed by atoms with Crippen LogP contribution in [0.4, 0.5) is 4.79 Å². The number of ether oxygens (including phenoxy) is 4. The average molecular weight is 513 g/mol. The first-order chi connectivity index (χ1) is 17.9. The number of carbonyl (C=O) groups is 1. The third kappa shape index (κ3) is 8.79. The van der Waals surface area contributed by atoms with Crippen LogP contribution in [-0.2, 0) is 32.0 Å². The third-order valence-corrected chi connectivity index (χ3v) is 6.71. The molecule has 1 amide bonds. The number of amides is 1. The van der Waals surface area contributed by atoms with Gasteiger partial charge in [-0.05, 0) is 50.8 Å². The number of aliphatic hydroxyl groups excluding tert-OH is 1. The monoisotopic (exact) mass is 512 g/mol. The molecule has 0 unspecified atom stereocenters. The van der Waals surface area contributed by atoms with E-state index in [0.29, 0.717) is 13.0 Å². The Balaban J connectivity index is 1.14. The summed E-state index contributed by atoms with van der Waals surface area (Å²) in [5, 5.41) is 16.9. The number of hydrogen-bond donors (Lipinski definition) is 3. The minimum Gasteiger partial charge on any atom is -0.445 e. The maximum Gasteiger partial charge on any atom is 0.407 e. The lowest BCUT2D eigenvalue weighted by Crippen LogP contribution is -2.38. The highest BCUT2D eigenvalue weighted by Gasteiger charge is 2.49. The molecule has 5 atom stereocenters. The average Bonchev–Trinajstić information content (AvgIpc) is 3.39. The Morgan fingerprint density at radius 2 is 1.76 bits per heavy atom. The van der Waals surface area contributed by atoms with Crippen LogP contribution in [0.3, 0.4) is 0 Å². The number of carbonyl (C=O) groups excluding carboxylic acids is 1. The van der Waals surface area contributed by atoms with E-state index in [2.05, 4.69) is 22.8 Å². The maximum atomic E-state index is 12.5. The van der Waals surface area contributed by atoms with E-state index in [-0.39, 0.29) is 24.9 Å². The molecule has 0 radical (unpaired) electrons. The number of alkyl carbamates (subject to hydrolysis) is 1. The highest BCUT2D eigenvalue weighted by molar-refractivity contribution is 5.67. The van der Waals surface area contributed by atoms with E-state index >= 15 is 0 Å². The summed E-state index contributed by atoms with van der Waals surface area (Å²) in [6.45, 7) is 5.21. The lowest BCUT2D eigenvalue weighted by Gasteiger charge is -2.23. The Labute approximate surface area is 219 Å². The molecule has 0 aromatic heterocycles. The van der Waals surface area contributed by atoms with Crippen molar-refractivity contribution in [2.24, 2.45) is 0 Å². The van der Waals surface area contributed by atoms with Crippen molar-refractivity contribution < 1.29 is 28.8 Å². The standard InChI is InChI=1S/C29H40N2O6/c1-29(2)36-26-18-25(35-27(26)37-29)24(32)19-30-16-10-9-15-23(17-21-11-5-3-6-12-21)31-28(33)34-20-22-13-7-4-8-14-22/h3-8,11-14,23-27,30,32H,9-10,15-20H2,1-2H3,(H,31,33)/t23-,24+,25-,26+,27+/m0/s1. The van der Waals surface area contributed by atoms with Crippen LogP contribution in [0.2, 0.25) is 0 Å². The van der Waals surface area contributed by atoms with Crippen LogP contribution in [0.1, 0.15) is 50.7 Å². The molecule has 8 heteroatoms. The molecule has 4 rings (SSSR count). The lowest BCUT2D eigenvalue weighted by atomic mass is 10.0. The molecule has 0 spiro atoms. The summed E-state index contributed by atoms with van der Waals surface area (Å²) in [4.78, 5) is 12.5. The quantitative estimate of drug-likeness (QED) is 0.350. The first-order valence-electron chi connectivity index (χ1n) is 13.3. The van der Waals surface area contributed by atoms with Crippen molar-refractivity contribution in [1.82, 2.24) is 10.6 Å². The van der Waals surface area contributed by atoms with Gasteiger partial charge in [-0.15, -0.1) is 0 Å². The van der Waals surface area contributed by atoms with Crippen molar-refractivity contribution in [1.29, 1.82) is 0 Å². The topological polar surface area (TPSA) is 98.3 Å². The number of fused-ring (bicyclic) bond motifs is 1. The molecule has 8 nitrogen and oxygen atoms in total. The molecular weight excluding hydrogens is 472 g/mol. The van der Waals surface area contributed by atoms with Crippen LogP contribution in [0.25, 0.3) is 0 Å².